The topological polar surface area (TPSA) is 87.5 Å². The van der Waals surface area contributed by atoms with Crippen LogP contribution in [0, 0.1) is 5.41 Å². The summed E-state index contributed by atoms with van der Waals surface area (Å²) in [5.41, 5.74) is 0.473. The fourth-order valence-corrected chi connectivity index (χ4v) is 1.59. The van der Waals surface area contributed by atoms with Crippen molar-refractivity contribution in [2.45, 2.75) is 6.92 Å². The standard InChI is InChI=1S/C15H16ClN3O3/c1-4-7-10(5-2)22-13(19-15(16)17)12-11(8-9-18-12)14(20)21-6-3/h4-5,7-9,17-18H,1-2,6H2,3H3/b10-7+,17-15?,19-13+. The van der Waals surface area contributed by atoms with Gasteiger partial charge in [0.25, 0.3) is 0 Å². The van der Waals surface area contributed by atoms with Crippen molar-refractivity contribution in [2.24, 2.45) is 4.99 Å². The smallest absolute Gasteiger partial charge is 0.340 e. The van der Waals surface area contributed by atoms with Crippen molar-refractivity contribution in [1.82, 2.24) is 4.98 Å². The Kier molecular flexibility index (Phi) is 6.85. The molecule has 1 aromatic heterocycles. The summed E-state index contributed by atoms with van der Waals surface area (Å²) in [4.78, 5) is 18.5. The average Bonchev–Trinajstić information content (AvgIpc) is 2.95. The summed E-state index contributed by atoms with van der Waals surface area (Å²) in [5.74, 6) is -0.263. The van der Waals surface area contributed by atoms with Crippen molar-refractivity contribution in [2.75, 3.05) is 6.61 Å². The van der Waals surface area contributed by atoms with E-state index in [2.05, 4.69) is 23.1 Å². The minimum absolute atomic E-state index is 0.0546. The van der Waals surface area contributed by atoms with E-state index in [0.717, 1.165) is 0 Å². The summed E-state index contributed by atoms with van der Waals surface area (Å²) in [6.45, 7) is 9.08. The molecular formula is C15H16ClN3O3. The van der Waals surface area contributed by atoms with Crippen LogP contribution in [0.3, 0.4) is 0 Å². The van der Waals surface area contributed by atoms with Crippen molar-refractivity contribution >= 4 is 28.8 Å². The van der Waals surface area contributed by atoms with Crippen LogP contribution in [-0.4, -0.2) is 28.8 Å². The number of ether oxygens (including phenoxy) is 2. The van der Waals surface area contributed by atoms with Crippen LogP contribution in [-0.2, 0) is 9.47 Å². The second kappa shape index (κ2) is 8.63. The van der Waals surface area contributed by atoms with Crippen LogP contribution in [0.15, 0.2) is 54.4 Å². The van der Waals surface area contributed by atoms with Gasteiger partial charge in [-0.15, -0.1) is 0 Å². The van der Waals surface area contributed by atoms with Gasteiger partial charge in [-0.25, -0.2) is 4.79 Å². The molecule has 0 atom stereocenters. The molecule has 0 saturated carbocycles. The Labute approximate surface area is 133 Å². The van der Waals surface area contributed by atoms with Gasteiger partial charge in [-0.05, 0) is 36.7 Å². The first-order valence-electron chi connectivity index (χ1n) is 6.34. The van der Waals surface area contributed by atoms with Crippen LogP contribution in [0.2, 0.25) is 0 Å². The molecule has 0 spiro atoms. The molecule has 1 heterocycles. The van der Waals surface area contributed by atoms with Crippen molar-refractivity contribution in [3.05, 3.63) is 60.7 Å². The van der Waals surface area contributed by atoms with Crippen molar-refractivity contribution in [1.29, 1.82) is 5.41 Å². The van der Waals surface area contributed by atoms with E-state index in [0.29, 0.717) is 5.76 Å². The largest absolute Gasteiger partial charge is 0.462 e. The number of amidine groups is 1. The van der Waals surface area contributed by atoms with Crippen molar-refractivity contribution in [3.63, 3.8) is 0 Å². The number of hydrogen-bond acceptors (Lipinski definition) is 4. The second-order valence-corrected chi connectivity index (χ2v) is 4.16. The van der Waals surface area contributed by atoms with E-state index in [-0.39, 0.29) is 23.8 Å². The zero-order valence-corrected chi connectivity index (χ0v) is 12.8. The first kappa shape index (κ1) is 17.5. The highest BCUT2D eigenvalue weighted by molar-refractivity contribution is 6.64. The fraction of sp³-hybridized carbons (Fsp3) is 0.133. The molecule has 1 aromatic rings. The van der Waals surface area contributed by atoms with Crippen LogP contribution in [0.5, 0.6) is 0 Å². The van der Waals surface area contributed by atoms with E-state index in [1.807, 2.05) is 0 Å². The average molecular weight is 322 g/mol. The maximum atomic E-state index is 11.9. The van der Waals surface area contributed by atoms with Gasteiger partial charge in [0.05, 0.1) is 12.2 Å². The summed E-state index contributed by atoms with van der Waals surface area (Å²) in [6, 6.07) is 1.52. The molecule has 116 valence electrons. The van der Waals surface area contributed by atoms with Crippen LogP contribution in [0.25, 0.3) is 0 Å². The van der Waals surface area contributed by atoms with E-state index >= 15 is 0 Å². The number of aliphatic imine (C=N–C) groups is 1. The lowest BCUT2D eigenvalue weighted by molar-refractivity contribution is 0.0526. The molecule has 22 heavy (non-hydrogen) atoms. The third-order valence-corrected chi connectivity index (χ3v) is 2.44. The summed E-state index contributed by atoms with van der Waals surface area (Å²) < 4.78 is 10.5. The maximum Gasteiger partial charge on any atom is 0.340 e. The zero-order valence-electron chi connectivity index (χ0n) is 12.1. The number of carbonyl (C=O) groups is 1. The highest BCUT2D eigenvalue weighted by Gasteiger charge is 2.20. The van der Waals surface area contributed by atoms with Gasteiger partial charge in [-0.3, -0.25) is 5.41 Å². The number of rotatable bonds is 6. The lowest BCUT2D eigenvalue weighted by Crippen LogP contribution is -2.14. The minimum atomic E-state index is -0.538. The Morgan fingerprint density at radius 1 is 1.55 bits per heavy atom. The van der Waals surface area contributed by atoms with Crippen LogP contribution in [0.1, 0.15) is 23.0 Å². The van der Waals surface area contributed by atoms with E-state index in [1.165, 1.54) is 24.4 Å². The number of allylic oxidation sites excluding steroid dienone is 3. The van der Waals surface area contributed by atoms with Gasteiger partial charge in [0.2, 0.25) is 11.2 Å². The lowest BCUT2D eigenvalue weighted by atomic mass is 10.2. The number of nitrogens with one attached hydrogen (secondary N) is 2. The van der Waals surface area contributed by atoms with Gasteiger partial charge in [0.15, 0.2) is 0 Å². The number of H-pyrrole nitrogens is 1. The van der Waals surface area contributed by atoms with Crippen molar-refractivity contribution < 1.29 is 14.3 Å². The Morgan fingerprint density at radius 2 is 2.27 bits per heavy atom. The number of aromatic nitrogens is 1. The van der Waals surface area contributed by atoms with Gasteiger partial charge in [0, 0.05) is 6.20 Å². The Bertz CT molecular complexity index is 644. The first-order chi connectivity index (χ1) is 10.5. The highest BCUT2D eigenvalue weighted by Crippen LogP contribution is 2.14. The van der Waals surface area contributed by atoms with Gasteiger partial charge >= 0.3 is 5.97 Å². The molecule has 0 aliphatic rings. The number of esters is 1. The molecule has 1 rings (SSSR count). The number of nitrogens with zero attached hydrogens (tertiary/aromatic N) is 1. The molecule has 6 nitrogen and oxygen atoms in total. The van der Waals surface area contributed by atoms with Crippen LogP contribution >= 0.6 is 11.6 Å². The van der Waals surface area contributed by atoms with E-state index in [9.17, 15) is 4.79 Å². The third kappa shape index (κ3) is 4.75. The summed E-state index contributed by atoms with van der Waals surface area (Å²) in [7, 11) is 0. The molecule has 7 heteroatoms. The monoisotopic (exact) mass is 321 g/mol. The Hall–Kier alpha value is -2.60. The summed E-state index contributed by atoms with van der Waals surface area (Å²) >= 11 is 5.51. The molecule has 0 aromatic carbocycles. The van der Waals surface area contributed by atoms with Crippen LogP contribution in [0.4, 0.5) is 0 Å². The molecule has 0 radical (unpaired) electrons. The van der Waals surface area contributed by atoms with E-state index in [1.54, 1.807) is 13.0 Å². The predicted octanol–water partition coefficient (Wildman–Crippen LogP) is 3.38. The number of halogens is 1. The SMILES string of the molecule is C=C/C=C(\C=C)O/C(=N/C(=N)Cl)c1[nH]ccc1C(=O)OCC. The minimum Gasteiger partial charge on any atom is -0.462 e. The zero-order chi connectivity index (χ0) is 16.5. The highest BCUT2D eigenvalue weighted by atomic mass is 35.5. The van der Waals surface area contributed by atoms with Crippen LogP contribution < -0.4 is 0 Å². The van der Waals surface area contributed by atoms with Crippen molar-refractivity contribution in [3.8, 4) is 0 Å². The third-order valence-electron chi connectivity index (χ3n) is 2.35. The molecule has 0 aliphatic carbocycles. The molecule has 0 amide bonds. The molecule has 2 N–H and O–H groups in total. The first-order valence-corrected chi connectivity index (χ1v) is 6.71. The molecule has 0 bridgehead atoms. The molecular weight excluding hydrogens is 306 g/mol. The second-order valence-electron chi connectivity index (χ2n) is 3.81. The Balaban J connectivity index is 3.25. The Morgan fingerprint density at radius 3 is 2.82 bits per heavy atom. The normalized spacial score (nSPS) is 11.7. The number of aromatic amines is 1. The number of carbonyl (C=O) groups excluding carboxylic acids is 1. The molecule has 0 saturated heterocycles. The maximum absolute atomic E-state index is 11.9. The van der Waals surface area contributed by atoms with Gasteiger partial charge in [-0.2, -0.15) is 4.99 Å². The summed E-state index contributed by atoms with van der Waals surface area (Å²) in [5, 5.41) is 6.79. The summed E-state index contributed by atoms with van der Waals surface area (Å²) in [6.07, 6.45) is 6.01. The lowest BCUT2D eigenvalue weighted by Gasteiger charge is -2.09. The predicted molar refractivity (Wildman–Crippen MR) is 86.4 cm³/mol. The number of hydrogen-bond donors (Lipinski definition) is 2. The van der Waals surface area contributed by atoms with Gasteiger partial charge in [-0.1, -0.05) is 19.2 Å². The fourth-order valence-electron chi connectivity index (χ4n) is 1.52. The molecule has 0 aliphatic heterocycles. The molecule has 0 fully saturated rings. The molecule has 0 unspecified atom stereocenters. The van der Waals surface area contributed by atoms with E-state index in [4.69, 9.17) is 26.5 Å². The quantitative estimate of drug-likeness (QED) is 0.210. The van der Waals surface area contributed by atoms with Gasteiger partial charge in [0.1, 0.15) is 11.5 Å². The van der Waals surface area contributed by atoms with E-state index < -0.39 is 11.3 Å². The van der Waals surface area contributed by atoms with Gasteiger partial charge < -0.3 is 14.5 Å².